The van der Waals surface area contributed by atoms with Gasteiger partial charge >= 0.3 is 0 Å². The minimum Gasteiger partial charge on any atom is -0.390 e. The number of para-hydroxylation sites is 1. The third-order valence-electron chi connectivity index (χ3n) is 4.08. The number of aliphatic hydroxyl groups excluding tert-OH is 1. The molecule has 0 bridgehead atoms. The smallest absolute Gasteiger partial charge is 0.102 e. The molecule has 106 valence electrons. The minimum atomic E-state index is -0.496. The molecule has 2 unspecified atom stereocenters. The molecule has 2 aromatic rings. The number of ether oxygens (including phenoxy) is 1. The van der Waals surface area contributed by atoms with Crippen LogP contribution in [0, 0.1) is 0 Å². The van der Waals surface area contributed by atoms with Gasteiger partial charge in [0.2, 0.25) is 0 Å². The van der Waals surface area contributed by atoms with E-state index in [9.17, 15) is 5.11 Å². The number of benzene rings is 1. The first-order valence-electron chi connectivity index (χ1n) is 7.14. The predicted octanol–water partition coefficient (Wildman–Crippen LogP) is 3.17. The Kier molecular flexibility index (Phi) is 3.40. The van der Waals surface area contributed by atoms with Gasteiger partial charge in [0, 0.05) is 36.2 Å². The molecule has 0 radical (unpaired) electrons. The fraction of sp³-hybridized carbons (Fsp3) is 0.412. The van der Waals surface area contributed by atoms with Crippen molar-refractivity contribution in [3.8, 4) is 0 Å². The lowest BCUT2D eigenvalue weighted by Crippen LogP contribution is -2.27. The average Bonchev–Trinajstić information content (AvgIpc) is 2.64. The molecule has 3 heteroatoms. The molecular weight excluding hydrogens is 250 g/mol. The molecule has 0 saturated heterocycles. The van der Waals surface area contributed by atoms with Gasteiger partial charge in [0.1, 0.15) is 6.10 Å². The van der Waals surface area contributed by atoms with Crippen LogP contribution in [0.3, 0.4) is 0 Å². The van der Waals surface area contributed by atoms with E-state index in [-0.39, 0.29) is 6.10 Å². The summed E-state index contributed by atoms with van der Waals surface area (Å²) in [4.78, 5) is 0. The summed E-state index contributed by atoms with van der Waals surface area (Å²) in [6.45, 7) is 4.38. The summed E-state index contributed by atoms with van der Waals surface area (Å²) >= 11 is 0. The lowest BCUT2D eigenvalue weighted by molar-refractivity contribution is 0.0188. The maximum absolute atomic E-state index is 10.3. The SMILES string of the molecule is COC1C=Cc2c(c3ccccc3n2C(C)C)CC1O. The summed E-state index contributed by atoms with van der Waals surface area (Å²) in [6.07, 6.45) is 3.96. The van der Waals surface area contributed by atoms with Crippen molar-refractivity contribution in [2.75, 3.05) is 7.11 Å². The molecule has 0 spiro atoms. The van der Waals surface area contributed by atoms with Crippen molar-refractivity contribution in [3.05, 3.63) is 41.6 Å². The summed E-state index contributed by atoms with van der Waals surface area (Å²) in [5, 5.41) is 11.6. The Bertz CT molecular complexity index is 654. The quantitative estimate of drug-likeness (QED) is 0.910. The topological polar surface area (TPSA) is 34.4 Å². The van der Waals surface area contributed by atoms with Crippen molar-refractivity contribution >= 4 is 17.0 Å². The normalized spacial score (nSPS) is 22.2. The molecule has 3 rings (SSSR count). The van der Waals surface area contributed by atoms with Crippen LogP contribution in [0.2, 0.25) is 0 Å². The second kappa shape index (κ2) is 5.08. The zero-order valence-electron chi connectivity index (χ0n) is 12.2. The van der Waals surface area contributed by atoms with Crippen molar-refractivity contribution in [1.29, 1.82) is 0 Å². The summed E-state index contributed by atoms with van der Waals surface area (Å²) in [5.41, 5.74) is 3.65. The fourth-order valence-electron chi connectivity index (χ4n) is 3.18. The van der Waals surface area contributed by atoms with E-state index in [1.54, 1.807) is 7.11 Å². The van der Waals surface area contributed by atoms with Gasteiger partial charge in [-0.15, -0.1) is 0 Å². The minimum absolute atomic E-state index is 0.234. The predicted molar refractivity (Wildman–Crippen MR) is 81.9 cm³/mol. The average molecular weight is 271 g/mol. The Hall–Kier alpha value is -1.58. The first kappa shape index (κ1) is 13.4. The molecule has 0 amide bonds. The molecule has 0 aliphatic heterocycles. The molecule has 1 aromatic carbocycles. The number of rotatable bonds is 2. The van der Waals surface area contributed by atoms with Crippen molar-refractivity contribution in [1.82, 2.24) is 4.57 Å². The van der Waals surface area contributed by atoms with E-state index in [0.717, 1.165) is 0 Å². The lowest BCUT2D eigenvalue weighted by Gasteiger charge is -2.16. The molecule has 1 aromatic heterocycles. The van der Waals surface area contributed by atoms with E-state index in [4.69, 9.17) is 4.74 Å². The standard InChI is InChI=1S/C17H21NO2/c1-11(2)18-14-7-5-4-6-12(14)13-10-16(19)17(20-3)9-8-15(13)18/h4-9,11,16-17,19H,10H2,1-3H3. The molecule has 1 aliphatic rings. The van der Waals surface area contributed by atoms with E-state index in [2.05, 4.69) is 48.8 Å². The Balaban J connectivity index is 2.27. The summed E-state index contributed by atoms with van der Waals surface area (Å²) < 4.78 is 7.69. The van der Waals surface area contributed by atoms with Crippen molar-refractivity contribution in [3.63, 3.8) is 0 Å². The number of methoxy groups -OCH3 is 1. The molecular formula is C17H21NO2. The van der Waals surface area contributed by atoms with Crippen LogP contribution < -0.4 is 0 Å². The van der Waals surface area contributed by atoms with Crippen molar-refractivity contribution in [2.45, 2.75) is 38.5 Å². The van der Waals surface area contributed by atoms with Crippen LogP contribution in [0.25, 0.3) is 17.0 Å². The first-order chi connectivity index (χ1) is 9.63. The van der Waals surface area contributed by atoms with Crippen LogP contribution in [0.1, 0.15) is 31.1 Å². The summed E-state index contributed by atoms with van der Waals surface area (Å²) in [6, 6.07) is 8.80. The molecule has 3 nitrogen and oxygen atoms in total. The molecule has 1 heterocycles. The van der Waals surface area contributed by atoms with Crippen molar-refractivity contribution < 1.29 is 9.84 Å². The van der Waals surface area contributed by atoms with Gasteiger partial charge < -0.3 is 14.4 Å². The van der Waals surface area contributed by atoms with Gasteiger partial charge in [-0.05, 0) is 31.6 Å². The number of aliphatic hydroxyl groups is 1. The number of fused-ring (bicyclic) bond motifs is 3. The highest BCUT2D eigenvalue weighted by Crippen LogP contribution is 2.33. The molecule has 2 atom stereocenters. The zero-order valence-corrected chi connectivity index (χ0v) is 12.2. The van der Waals surface area contributed by atoms with E-state index >= 15 is 0 Å². The second-order valence-corrected chi connectivity index (χ2v) is 5.68. The van der Waals surface area contributed by atoms with Gasteiger partial charge in [-0.25, -0.2) is 0 Å². The maximum atomic E-state index is 10.3. The van der Waals surface area contributed by atoms with Crippen LogP contribution in [0.15, 0.2) is 30.3 Å². The molecule has 1 N–H and O–H groups in total. The monoisotopic (exact) mass is 271 g/mol. The molecule has 1 aliphatic carbocycles. The third-order valence-corrected chi connectivity index (χ3v) is 4.08. The van der Waals surface area contributed by atoms with Gasteiger partial charge in [0.15, 0.2) is 0 Å². The Morgan fingerprint density at radius 3 is 2.75 bits per heavy atom. The number of nitrogens with zero attached hydrogens (tertiary/aromatic N) is 1. The Morgan fingerprint density at radius 1 is 1.30 bits per heavy atom. The van der Waals surface area contributed by atoms with Gasteiger partial charge in [-0.2, -0.15) is 0 Å². The first-order valence-corrected chi connectivity index (χ1v) is 7.14. The van der Waals surface area contributed by atoms with E-state index < -0.39 is 6.10 Å². The highest BCUT2D eigenvalue weighted by Gasteiger charge is 2.25. The van der Waals surface area contributed by atoms with Gasteiger partial charge in [-0.1, -0.05) is 24.3 Å². The summed E-state index contributed by atoms with van der Waals surface area (Å²) in [5.74, 6) is 0. The van der Waals surface area contributed by atoms with Crippen LogP contribution in [0.5, 0.6) is 0 Å². The zero-order chi connectivity index (χ0) is 14.3. The van der Waals surface area contributed by atoms with Gasteiger partial charge in [0.25, 0.3) is 0 Å². The Labute approximate surface area is 119 Å². The fourth-order valence-corrected chi connectivity index (χ4v) is 3.18. The second-order valence-electron chi connectivity index (χ2n) is 5.68. The lowest BCUT2D eigenvalue weighted by atomic mass is 10.0. The Morgan fingerprint density at radius 2 is 2.05 bits per heavy atom. The van der Waals surface area contributed by atoms with Crippen molar-refractivity contribution in [2.24, 2.45) is 0 Å². The van der Waals surface area contributed by atoms with Crippen LogP contribution >= 0.6 is 0 Å². The highest BCUT2D eigenvalue weighted by molar-refractivity contribution is 5.88. The molecule has 0 fully saturated rings. The van der Waals surface area contributed by atoms with E-state index in [0.29, 0.717) is 12.5 Å². The number of hydrogen-bond acceptors (Lipinski definition) is 2. The summed E-state index contributed by atoms with van der Waals surface area (Å²) in [7, 11) is 1.64. The van der Waals surface area contributed by atoms with Crippen LogP contribution in [-0.2, 0) is 11.2 Å². The van der Waals surface area contributed by atoms with Gasteiger partial charge in [0.05, 0.1) is 6.10 Å². The molecule has 0 saturated carbocycles. The van der Waals surface area contributed by atoms with Crippen LogP contribution in [-0.4, -0.2) is 29.0 Å². The van der Waals surface area contributed by atoms with Crippen LogP contribution in [0.4, 0.5) is 0 Å². The van der Waals surface area contributed by atoms with E-state index in [1.807, 2.05) is 6.08 Å². The largest absolute Gasteiger partial charge is 0.390 e. The van der Waals surface area contributed by atoms with E-state index in [1.165, 1.54) is 22.2 Å². The number of aromatic nitrogens is 1. The molecule has 20 heavy (non-hydrogen) atoms. The number of hydrogen-bond donors (Lipinski definition) is 1. The third kappa shape index (κ3) is 1.98. The highest BCUT2D eigenvalue weighted by atomic mass is 16.5. The van der Waals surface area contributed by atoms with Gasteiger partial charge in [-0.3, -0.25) is 0 Å². The maximum Gasteiger partial charge on any atom is 0.102 e.